The van der Waals surface area contributed by atoms with Crippen molar-refractivity contribution in [2.24, 2.45) is 5.92 Å². The fourth-order valence-electron chi connectivity index (χ4n) is 1.71. The van der Waals surface area contributed by atoms with Crippen molar-refractivity contribution in [2.45, 2.75) is 13.3 Å². The Morgan fingerprint density at radius 3 is 2.88 bits per heavy atom. The lowest BCUT2D eigenvalue weighted by Crippen LogP contribution is -1.96. The Hall–Kier alpha value is -1.58. The van der Waals surface area contributed by atoms with E-state index in [1.165, 1.54) is 0 Å². The molecular formula is C12H12F2O2. The van der Waals surface area contributed by atoms with Gasteiger partial charge in [0.05, 0.1) is 0 Å². The third kappa shape index (κ3) is 2.51. The lowest BCUT2D eigenvalue weighted by atomic mass is 10.0. The summed E-state index contributed by atoms with van der Waals surface area (Å²) in [5.74, 6) is 1.21. The summed E-state index contributed by atoms with van der Waals surface area (Å²) in [6.45, 7) is 1.98. The lowest BCUT2D eigenvalue weighted by molar-refractivity contribution is 0.174. The van der Waals surface area contributed by atoms with Crippen LogP contribution in [-0.4, -0.2) is 6.79 Å². The van der Waals surface area contributed by atoms with E-state index in [-0.39, 0.29) is 12.7 Å². The Morgan fingerprint density at radius 1 is 1.38 bits per heavy atom. The van der Waals surface area contributed by atoms with E-state index in [2.05, 4.69) is 0 Å². The molecule has 16 heavy (non-hydrogen) atoms. The highest BCUT2D eigenvalue weighted by molar-refractivity contribution is 5.44. The quantitative estimate of drug-likeness (QED) is 0.786. The second-order valence-electron chi connectivity index (χ2n) is 3.83. The van der Waals surface area contributed by atoms with Gasteiger partial charge in [0.1, 0.15) is 0 Å². The van der Waals surface area contributed by atoms with E-state index in [9.17, 15) is 8.78 Å². The summed E-state index contributed by atoms with van der Waals surface area (Å²) < 4.78 is 34.4. The van der Waals surface area contributed by atoms with E-state index >= 15 is 0 Å². The molecule has 0 spiro atoms. The number of fused-ring (bicyclic) bond motifs is 1. The largest absolute Gasteiger partial charge is 0.454 e. The molecule has 1 aliphatic rings. The maximum atomic E-state index is 12.0. The monoisotopic (exact) mass is 226 g/mol. The zero-order valence-corrected chi connectivity index (χ0v) is 8.87. The average molecular weight is 226 g/mol. The van der Waals surface area contributed by atoms with Gasteiger partial charge in [0.2, 0.25) is 6.79 Å². The van der Waals surface area contributed by atoms with Crippen LogP contribution in [0.2, 0.25) is 0 Å². The van der Waals surface area contributed by atoms with Gasteiger partial charge >= 0.3 is 0 Å². The van der Waals surface area contributed by atoms with Crippen LogP contribution in [0.3, 0.4) is 0 Å². The second-order valence-corrected chi connectivity index (χ2v) is 3.83. The topological polar surface area (TPSA) is 18.5 Å². The zero-order valence-electron chi connectivity index (χ0n) is 8.87. The van der Waals surface area contributed by atoms with E-state index < -0.39 is 6.08 Å². The van der Waals surface area contributed by atoms with Crippen LogP contribution in [0.1, 0.15) is 12.5 Å². The first-order chi connectivity index (χ1) is 7.65. The van der Waals surface area contributed by atoms with Gasteiger partial charge in [-0.05, 0) is 36.1 Å². The molecule has 0 radical (unpaired) electrons. The molecule has 2 nitrogen and oxygen atoms in total. The normalized spacial score (nSPS) is 14.7. The molecule has 1 aliphatic heterocycles. The molecule has 1 unspecified atom stereocenters. The van der Waals surface area contributed by atoms with Gasteiger partial charge in [0.25, 0.3) is 6.08 Å². The van der Waals surface area contributed by atoms with Crippen molar-refractivity contribution in [1.82, 2.24) is 0 Å². The molecule has 1 aromatic carbocycles. The van der Waals surface area contributed by atoms with Gasteiger partial charge in [-0.25, -0.2) is 0 Å². The number of benzene rings is 1. The van der Waals surface area contributed by atoms with E-state index in [4.69, 9.17) is 9.47 Å². The maximum Gasteiger partial charge on any atom is 0.266 e. The van der Waals surface area contributed by atoms with Crippen molar-refractivity contribution in [3.05, 3.63) is 35.9 Å². The molecule has 0 saturated carbocycles. The summed E-state index contributed by atoms with van der Waals surface area (Å²) in [6, 6.07) is 5.51. The molecule has 0 N–H and O–H groups in total. The van der Waals surface area contributed by atoms with Gasteiger partial charge in [0, 0.05) is 0 Å². The highest BCUT2D eigenvalue weighted by atomic mass is 19.3. The Labute approximate surface area is 92.5 Å². The van der Waals surface area contributed by atoms with Crippen molar-refractivity contribution in [3.63, 3.8) is 0 Å². The summed E-state index contributed by atoms with van der Waals surface area (Å²) in [7, 11) is 0. The number of halogens is 2. The predicted molar refractivity (Wildman–Crippen MR) is 55.7 cm³/mol. The van der Waals surface area contributed by atoms with Gasteiger partial charge in [-0.15, -0.1) is 0 Å². The fourth-order valence-corrected chi connectivity index (χ4v) is 1.71. The second kappa shape index (κ2) is 4.51. The van der Waals surface area contributed by atoms with Crippen LogP contribution in [0.25, 0.3) is 0 Å². The van der Waals surface area contributed by atoms with Crippen LogP contribution in [0.5, 0.6) is 11.5 Å². The molecule has 0 amide bonds. The third-order valence-corrected chi connectivity index (χ3v) is 2.41. The van der Waals surface area contributed by atoms with Gasteiger partial charge in [-0.1, -0.05) is 13.0 Å². The van der Waals surface area contributed by atoms with Gasteiger partial charge in [-0.3, -0.25) is 0 Å². The summed E-state index contributed by atoms with van der Waals surface area (Å²) in [4.78, 5) is 0. The summed E-state index contributed by atoms with van der Waals surface area (Å²) >= 11 is 0. The van der Waals surface area contributed by atoms with Crippen LogP contribution >= 0.6 is 0 Å². The standard InChI is InChI=1S/C12H12F2O2/c1-8(5-12(13)14)4-9-2-3-10-11(6-9)16-7-15-10/h2-3,5-6,8H,4,7H2,1H3. The number of hydrogen-bond acceptors (Lipinski definition) is 2. The van der Waals surface area contributed by atoms with Crippen molar-refractivity contribution in [1.29, 1.82) is 0 Å². The smallest absolute Gasteiger partial charge is 0.266 e. The van der Waals surface area contributed by atoms with E-state index in [1.54, 1.807) is 13.0 Å². The SMILES string of the molecule is CC(C=C(F)F)Cc1ccc2c(c1)OCO2. The Bertz CT molecular complexity index is 411. The molecule has 1 atom stereocenters. The van der Waals surface area contributed by atoms with Crippen LogP contribution in [0.4, 0.5) is 8.78 Å². The van der Waals surface area contributed by atoms with Crippen LogP contribution < -0.4 is 9.47 Å². The van der Waals surface area contributed by atoms with E-state index in [0.717, 1.165) is 11.6 Å². The van der Waals surface area contributed by atoms with Crippen molar-refractivity contribution in [2.75, 3.05) is 6.79 Å². The molecule has 1 heterocycles. The molecule has 0 aliphatic carbocycles. The minimum atomic E-state index is -1.63. The number of hydrogen-bond donors (Lipinski definition) is 0. The van der Waals surface area contributed by atoms with Crippen LogP contribution in [-0.2, 0) is 6.42 Å². The Morgan fingerprint density at radius 2 is 2.12 bits per heavy atom. The fraction of sp³-hybridized carbons (Fsp3) is 0.333. The molecule has 0 bridgehead atoms. The molecule has 0 fully saturated rings. The first-order valence-electron chi connectivity index (χ1n) is 5.06. The van der Waals surface area contributed by atoms with Gasteiger partial charge < -0.3 is 9.47 Å². The third-order valence-electron chi connectivity index (χ3n) is 2.41. The zero-order chi connectivity index (χ0) is 11.5. The lowest BCUT2D eigenvalue weighted by Gasteiger charge is -2.06. The van der Waals surface area contributed by atoms with Gasteiger partial charge in [-0.2, -0.15) is 8.78 Å². The summed E-state index contributed by atoms with van der Waals surface area (Å²) in [5, 5.41) is 0. The van der Waals surface area contributed by atoms with Gasteiger partial charge in [0.15, 0.2) is 11.5 Å². The van der Waals surface area contributed by atoms with Crippen LogP contribution in [0.15, 0.2) is 30.4 Å². The predicted octanol–water partition coefficient (Wildman–Crippen LogP) is 3.37. The number of rotatable bonds is 3. The molecule has 1 aromatic rings. The summed E-state index contributed by atoms with van der Waals surface area (Å²) in [5.41, 5.74) is 0.967. The average Bonchev–Trinajstić information content (AvgIpc) is 2.63. The Kier molecular flexibility index (Phi) is 3.08. The van der Waals surface area contributed by atoms with Crippen molar-refractivity contribution in [3.8, 4) is 11.5 Å². The van der Waals surface area contributed by atoms with Crippen molar-refractivity contribution >= 4 is 0 Å². The summed E-state index contributed by atoms with van der Waals surface area (Å²) in [6.07, 6.45) is -0.105. The highest BCUT2D eigenvalue weighted by Gasteiger charge is 2.13. The van der Waals surface area contributed by atoms with E-state index in [0.29, 0.717) is 17.9 Å². The minimum Gasteiger partial charge on any atom is -0.454 e. The Balaban J connectivity index is 2.08. The molecule has 0 saturated heterocycles. The molecule has 86 valence electrons. The first-order valence-corrected chi connectivity index (χ1v) is 5.06. The molecule has 0 aromatic heterocycles. The molecular weight excluding hydrogens is 214 g/mol. The first kappa shape index (κ1) is 10.9. The van der Waals surface area contributed by atoms with E-state index in [1.807, 2.05) is 12.1 Å². The molecule has 4 heteroatoms. The van der Waals surface area contributed by atoms with Crippen molar-refractivity contribution < 1.29 is 18.3 Å². The highest BCUT2D eigenvalue weighted by Crippen LogP contribution is 2.33. The van der Waals surface area contributed by atoms with Crippen LogP contribution in [0, 0.1) is 5.92 Å². The maximum absolute atomic E-state index is 12.0. The molecule has 2 rings (SSSR count). The minimum absolute atomic E-state index is 0.189. The number of ether oxygens (including phenoxy) is 2. The number of allylic oxidation sites excluding steroid dienone is 1.